The zero-order valence-corrected chi connectivity index (χ0v) is 19.5. The molecule has 1 aliphatic heterocycles. The highest BCUT2D eigenvalue weighted by atomic mass is 19.4. The molecule has 35 heavy (non-hydrogen) atoms. The van der Waals surface area contributed by atoms with Gasteiger partial charge in [0.15, 0.2) is 0 Å². The zero-order valence-electron chi connectivity index (χ0n) is 19.5. The van der Waals surface area contributed by atoms with E-state index < -0.39 is 23.5 Å². The maximum Gasteiger partial charge on any atom is 0.418 e. The first kappa shape index (κ1) is 24.5. The lowest BCUT2D eigenvalue weighted by molar-refractivity contribution is -0.136. The molecule has 13 heteroatoms. The van der Waals surface area contributed by atoms with Crippen molar-refractivity contribution >= 4 is 34.4 Å². The summed E-state index contributed by atoms with van der Waals surface area (Å²) in [7, 11) is 4.74. The van der Waals surface area contributed by atoms with Gasteiger partial charge in [0.2, 0.25) is 5.95 Å². The van der Waals surface area contributed by atoms with Crippen molar-refractivity contribution in [3.63, 3.8) is 0 Å². The van der Waals surface area contributed by atoms with Crippen LogP contribution in [0.2, 0.25) is 0 Å². The summed E-state index contributed by atoms with van der Waals surface area (Å²) in [5.41, 5.74) is -1.00. The number of ether oxygens (including phenoxy) is 1. The molecule has 1 saturated heterocycles. The fourth-order valence-corrected chi connectivity index (χ4v) is 4.19. The largest absolute Gasteiger partial charge is 0.495 e. The molecule has 1 atom stereocenters. The number of hydrogen-bond acceptors (Lipinski definition) is 7. The summed E-state index contributed by atoms with van der Waals surface area (Å²) >= 11 is 0. The number of aromatic amines is 1. The summed E-state index contributed by atoms with van der Waals surface area (Å²) in [5, 5.41) is 5.19. The van der Waals surface area contributed by atoms with Crippen LogP contribution in [0.1, 0.15) is 22.8 Å². The fourth-order valence-electron chi connectivity index (χ4n) is 4.19. The topological polar surface area (TPSA) is 98.4 Å². The van der Waals surface area contributed by atoms with Gasteiger partial charge in [0.25, 0.3) is 5.91 Å². The number of carbonyl (C=O) groups is 1. The molecule has 0 aliphatic carbocycles. The molecule has 2 aromatic heterocycles. The lowest BCUT2D eigenvalue weighted by Gasteiger charge is -2.38. The second-order valence-corrected chi connectivity index (χ2v) is 8.34. The van der Waals surface area contributed by atoms with Crippen molar-refractivity contribution in [2.75, 3.05) is 51.5 Å². The molecule has 188 valence electrons. The zero-order chi connectivity index (χ0) is 25.5. The monoisotopic (exact) mass is 495 g/mol. The van der Waals surface area contributed by atoms with Crippen LogP contribution in [0.3, 0.4) is 0 Å². The van der Waals surface area contributed by atoms with Gasteiger partial charge in [-0.1, -0.05) is 0 Å². The first-order chi connectivity index (χ1) is 16.5. The van der Waals surface area contributed by atoms with Gasteiger partial charge in [-0.3, -0.25) is 4.79 Å². The van der Waals surface area contributed by atoms with Crippen LogP contribution in [0, 0.1) is 5.82 Å². The maximum absolute atomic E-state index is 15.1. The quantitative estimate of drug-likeness (QED) is 0.465. The highest BCUT2D eigenvalue weighted by Crippen LogP contribution is 2.38. The molecule has 3 N–H and O–H groups in total. The fraction of sp³-hybridized carbons (Fsp3) is 0.409. The molecular weight excluding hydrogens is 470 g/mol. The summed E-state index contributed by atoms with van der Waals surface area (Å²) in [5.74, 6) is -1.25. The summed E-state index contributed by atoms with van der Waals surface area (Å²) in [6.07, 6.45) is -3.79. The van der Waals surface area contributed by atoms with Gasteiger partial charge in [-0.2, -0.15) is 23.1 Å². The van der Waals surface area contributed by atoms with Crippen LogP contribution < -0.4 is 15.4 Å². The van der Waals surface area contributed by atoms with Crippen molar-refractivity contribution < 1.29 is 27.1 Å². The van der Waals surface area contributed by atoms with Gasteiger partial charge in [-0.05, 0) is 20.0 Å². The Bertz CT molecular complexity index is 1260. The smallest absolute Gasteiger partial charge is 0.418 e. The average molecular weight is 495 g/mol. The summed E-state index contributed by atoms with van der Waals surface area (Å²) in [4.78, 5) is 27.4. The number of nitrogens with zero attached hydrogens (tertiary/aromatic N) is 4. The lowest BCUT2D eigenvalue weighted by Crippen LogP contribution is -2.52. The molecule has 0 spiro atoms. The molecule has 0 saturated carbocycles. The Morgan fingerprint density at radius 3 is 2.63 bits per heavy atom. The second-order valence-electron chi connectivity index (χ2n) is 8.34. The normalized spacial score (nSPS) is 17.0. The van der Waals surface area contributed by atoms with Gasteiger partial charge in [0.1, 0.15) is 23.0 Å². The minimum absolute atomic E-state index is 0.0607. The number of nitrogens with one attached hydrogen (secondary N) is 3. The minimum atomic E-state index is -4.60. The van der Waals surface area contributed by atoms with Crippen LogP contribution in [0.5, 0.6) is 5.75 Å². The first-order valence-electron chi connectivity index (χ1n) is 10.8. The van der Waals surface area contributed by atoms with Crippen LogP contribution in [0.4, 0.5) is 35.0 Å². The molecule has 3 heterocycles. The number of benzene rings is 1. The third-order valence-electron chi connectivity index (χ3n) is 5.93. The highest BCUT2D eigenvalue weighted by Gasteiger charge is 2.35. The summed E-state index contributed by atoms with van der Waals surface area (Å²) in [6, 6.07) is 2.28. The van der Waals surface area contributed by atoms with Gasteiger partial charge in [0.05, 0.1) is 29.3 Å². The molecule has 0 bridgehead atoms. The van der Waals surface area contributed by atoms with Gasteiger partial charge in [-0.15, -0.1) is 0 Å². The van der Waals surface area contributed by atoms with E-state index in [2.05, 4.69) is 30.5 Å². The molecule has 1 amide bonds. The van der Waals surface area contributed by atoms with E-state index in [1.165, 1.54) is 20.2 Å². The number of likely N-dealkylation sites (N-methyl/N-ethyl adjacent to an activating group) is 1. The first-order valence-corrected chi connectivity index (χ1v) is 10.8. The number of aromatic nitrogens is 3. The maximum atomic E-state index is 15.1. The van der Waals surface area contributed by atoms with E-state index in [-0.39, 0.29) is 45.8 Å². The molecule has 3 aromatic rings. The van der Waals surface area contributed by atoms with E-state index in [1.807, 2.05) is 14.0 Å². The lowest BCUT2D eigenvalue weighted by atomic mass is 10.1. The number of anilines is 3. The molecule has 1 fully saturated rings. The Morgan fingerprint density at radius 2 is 2.00 bits per heavy atom. The van der Waals surface area contributed by atoms with Crippen molar-refractivity contribution in [1.29, 1.82) is 0 Å². The van der Waals surface area contributed by atoms with Crippen molar-refractivity contribution in [2.24, 2.45) is 0 Å². The number of carbonyl (C=O) groups excluding carboxylic acids is 1. The molecule has 1 aliphatic rings. The number of amides is 1. The Labute approximate surface area is 198 Å². The Morgan fingerprint density at radius 1 is 1.26 bits per heavy atom. The number of piperazine rings is 1. The third-order valence-corrected chi connectivity index (χ3v) is 5.93. The molecule has 1 unspecified atom stereocenters. The number of methoxy groups -OCH3 is 1. The van der Waals surface area contributed by atoms with E-state index in [1.54, 1.807) is 4.90 Å². The predicted octanol–water partition coefficient (Wildman–Crippen LogP) is 3.69. The SMILES string of the molecule is CNc1nc(Nc2cc(F)c(C(=O)N3CCN(C)CC3C)cc2OC)nc2[nH]cc(C(F)(F)F)c12. The van der Waals surface area contributed by atoms with Crippen molar-refractivity contribution in [2.45, 2.75) is 19.1 Å². The van der Waals surface area contributed by atoms with Gasteiger partial charge >= 0.3 is 6.18 Å². The van der Waals surface area contributed by atoms with Crippen LogP contribution in [-0.4, -0.2) is 77.5 Å². The van der Waals surface area contributed by atoms with Gasteiger partial charge in [0, 0.05) is 45.0 Å². The number of alkyl halides is 3. The van der Waals surface area contributed by atoms with Crippen LogP contribution >= 0.6 is 0 Å². The second kappa shape index (κ2) is 9.21. The Hall–Kier alpha value is -3.61. The van der Waals surface area contributed by atoms with E-state index in [9.17, 15) is 18.0 Å². The van der Waals surface area contributed by atoms with Crippen molar-refractivity contribution in [3.8, 4) is 5.75 Å². The standard InChI is InChI=1S/C22H25F4N7O2/c1-11-10-32(3)5-6-33(11)20(34)12-7-16(35-4)15(8-14(12)23)29-21-30-18(27-2)17-13(22(24,25)26)9-28-19(17)31-21/h7-9,11H,5-6,10H2,1-4H3,(H3,27,28,29,30,31). The molecule has 0 radical (unpaired) electrons. The van der Waals surface area contributed by atoms with Crippen LogP contribution in [-0.2, 0) is 6.18 Å². The molecule has 4 rings (SSSR count). The van der Waals surface area contributed by atoms with E-state index in [0.717, 1.165) is 12.3 Å². The van der Waals surface area contributed by atoms with E-state index in [4.69, 9.17) is 4.74 Å². The third kappa shape index (κ3) is 4.67. The number of rotatable bonds is 5. The Kier molecular flexibility index (Phi) is 6.45. The summed E-state index contributed by atoms with van der Waals surface area (Å²) < 4.78 is 60.4. The molecule has 1 aromatic carbocycles. The predicted molar refractivity (Wildman–Crippen MR) is 123 cm³/mol. The molecular formula is C22H25F4N7O2. The summed E-state index contributed by atoms with van der Waals surface area (Å²) in [6.45, 7) is 3.72. The van der Waals surface area contributed by atoms with Crippen LogP contribution in [0.25, 0.3) is 11.0 Å². The molecule has 9 nitrogen and oxygen atoms in total. The van der Waals surface area contributed by atoms with Gasteiger partial charge < -0.3 is 30.2 Å². The number of halogens is 4. The van der Waals surface area contributed by atoms with E-state index in [0.29, 0.717) is 19.6 Å². The number of fused-ring (bicyclic) bond motifs is 1. The van der Waals surface area contributed by atoms with Crippen molar-refractivity contribution in [3.05, 3.63) is 35.3 Å². The van der Waals surface area contributed by atoms with E-state index >= 15 is 4.39 Å². The average Bonchev–Trinajstić information content (AvgIpc) is 3.23. The highest BCUT2D eigenvalue weighted by molar-refractivity contribution is 5.96. The Balaban J connectivity index is 1.67. The minimum Gasteiger partial charge on any atom is -0.495 e. The number of hydrogen-bond donors (Lipinski definition) is 3. The van der Waals surface area contributed by atoms with Gasteiger partial charge in [-0.25, -0.2) is 4.39 Å². The van der Waals surface area contributed by atoms with Crippen LogP contribution in [0.15, 0.2) is 18.3 Å². The van der Waals surface area contributed by atoms with Crippen molar-refractivity contribution in [1.82, 2.24) is 24.8 Å². The number of H-pyrrole nitrogens is 1.